The first-order chi connectivity index (χ1) is 11.7. The van der Waals surface area contributed by atoms with Gasteiger partial charge in [0.1, 0.15) is 11.8 Å². The van der Waals surface area contributed by atoms with E-state index in [1.54, 1.807) is 6.92 Å². The van der Waals surface area contributed by atoms with Gasteiger partial charge >= 0.3 is 12.6 Å². The lowest BCUT2D eigenvalue weighted by Crippen LogP contribution is -2.40. The van der Waals surface area contributed by atoms with Gasteiger partial charge in [0.2, 0.25) is 0 Å². The molecule has 0 aliphatic rings. The maximum Gasteiger partial charge on any atom is 0.387 e. The molecule has 134 valence electrons. The predicted molar refractivity (Wildman–Crippen MR) is 81.9 cm³/mol. The lowest BCUT2D eigenvalue weighted by Gasteiger charge is -2.20. The fourth-order valence-corrected chi connectivity index (χ4v) is 2.05. The number of carbonyl (C=O) groups is 2. The molecule has 2 aromatic rings. The van der Waals surface area contributed by atoms with Gasteiger partial charge < -0.3 is 14.7 Å². The number of hydrogen-bond acceptors (Lipinski definition) is 5. The summed E-state index contributed by atoms with van der Waals surface area (Å²) in [5, 5.41) is 16.7. The molecule has 2 rings (SSSR count). The minimum absolute atomic E-state index is 0.00325. The molecule has 1 amide bonds. The van der Waals surface area contributed by atoms with Crippen LogP contribution in [-0.4, -0.2) is 56.6 Å². The van der Waals surface area contributed by atoms with E-state index in [4.69, 9.17) is 5.11 Å². The van der Waals surface area contributed by atoms with Crippen LogP contribution < -0.4 is 4.74 Å². The van der Waals surface area contributed by atoms with Crippen molar-refractivity contribution in [3.8, 4) is 11.4 Å². The van der Waals surface area contributed by atoms with E-state index in [-0.39, 0.29) is 11.4 Å². The van der Waals surface area contributed by atoms with Crippen LogP contribution in [0.15, 0.2) is 24.3 Å². The number of carboxylic acid groups (broad SMARTS) is 1. The van der Waals surface area contributed by atoms with Crippen molar-refractivity contribution in [1.82, 2.24) is 19.9 Å². The lowest BCUT2D eigenvalue weighted by molar-refractivity contribution is -0.141. The Balaban J connectivity index is 2.26. The summed E-state index contributed by atoms with van der Waals surface area (Å²) < 4.78 is 29.9. The number of nitrogens with zero attached hydrogens (tertiary/aromatic N) is 4. The molecule has 1 heterocycles. The topological polar surface area (TPSA) is 97.5 Å². The van der Waals surface area contributed by atoms with Crippen molar-refractivity contribution in [1.29, 1.82) is 0 Å². The summed E-state index contributed by atoms with van der Waals surface area (Å²) in [4.78, 5) is 24.4. The van der Waals surface area contributed by atoms with Crippen LogP contribution >= 0.6 is 0 Å². The molecule has 0 fully saturated rings. The van der Waals surface area contributed by atoms with Crippen molar-refractivity contribution in [2.24, 2.45) is 0 Å². The van der Waals surface area contributed by atoms with Crippen LogP contribution in [0.2, 0.25) is 0 Å². The van der Waals surface area contributed by atoms with E-state index in [2.05, 4.69) is 15.0 Å². The van der Waals surface area contributed by atoms with Crippen LogP contribution in [0.5, 0.6) is 5.75 Å². The molecule has 0 spiro atoms. The van der Waals surface area contributed by atoms with Gasteiger partial charge in [0.15, 0.2) is 5.69 Å². The summed E-state index contributed by atoms with van der Waals surface area (Å²) in [6.45, 7) is 0.0487. The van der Waals surface area contributed by atoms with Crippen LogP contribution in [0.4, 0.5) is 8.78 Å². The smallest absolute Gasteiger partial charge is 0.387 e. The second kappa shape index (κ2) is 7.24. The molecule has 0 aliphatic heterocycles. The van der Waals surface area contributed by atoms with E-state index in [9.17, 15) is 18.4 Å². The summed E-state index contributed by atoms with van der Waals surface area (Å²) in [5.41, 5.74) is 0.875. The first-order valence-corrected chi connectivity index (χ1v) is 7.20. The van der Waals surface area contributed by atoms with E-state index < -0.39 is 24.5 Å². The highest BCUT2D eigenvalue weighted by molar-refractivity contribution is 5.95. The lowest BCUT2D eigenvalue weighted by atomic mass is 10.2. The third kappa shape index (κ3) is 3.90. The summed E-state index contributed by atoms with van der Waals surface area (Å²) in [7, 11) is 1.36. The van der Waals surface area contributed by atoms with Crippen molar-refractivity contribution in [2.75, 3.05) is 7.05 Å². The molecule has 0 bridgehead atoms. The van der Waals surface area contributed by atoms with E-state index in [1.807, 2.05) is 0 Å². The molecular formula is C15H16F2N4O4. The number of ether oxygens (including phenoxy) is 1. The molecule has 1 aromatic heterocycles. The minimum Gasteiger partial charge on any atom is -0.480 e. The highest BCUT2D eigenvalue weighted by Crippen LogP contribution is 2.19. The molecule has 8 nitrogen and oxygen atoms in total. The Bertz CT molecular complexity index is 776. The maximum atomic E-state index is 12.4. The summed E-state index contributed by atoms with van der Waals surface area (Å²) in [6.07, 6.45) is 0. The molecule has 1 atom stereocenters. The molecular weight excluding hydrogens is 338 g/mol. The highest BCUT2D eigenvalue weighted by atomic mass is 19.3. The van der Waals surface area contributed by atoms with Gasteiger partial charge in [-0.05, 0) is 38.1 Å². The number of halogens is 2. The number of carbonyl (C=O) groups excluding carboxylic acids is 1. The molecule has 10 heteroatoms. The Morgan fingerprint density at radius 1 is 1.28 bits per heavy atom. The van der Waals surface area contributed by atoms with Crippen molar-refractivity contribution >= 4 is 11.9 Å². The second-order valence-corrected chi connectivity index (χ2v) is 5.24. The number of hydrogen-bond donors (Lipinski definition) is 1. The minimum atomic E-state index is -2.92. The summed E-state index contributed by atoms with van der Waals surface area (Å²) >= 11 is 0. The van der Waals surface area contributed by atoms with Gasteiger partial charge in [-0.3, -0.25) is 4.79 Å². The zero-order chi connectivity index (χ0) is 18.7. The fourth-order valence-electron chi connectivity index (χ4n) is 2.05. The zero-order valence-corrected chi connectivity index (χ0v) is 13.7. The monoisotopic (exact) mass is 354 g/mol. The highest BCUT2D eigenvalue weighted by Gasteiger charge is 2.27. The van der Waals surface area contributed by atoms with Gasteiger partial charge in [-0.1, -0.05) is 5.21 Å². The first-order valence-electron chi connectivity index (χ1n) is 7.20. The molecule has 0 saturated heterocycles. The van der Waals surface area contributed by atoms with E-state index in [1.165, 1.54) is 42.9 Å². The van der Waals surface area contributed by atoms with Crippen molar-refractivity contribution in [3.05, 3.63) is 35.7 Å². The Labute approximate surface area is 141 Å². The van der Waals surface area contributed by atoms with Crippen LogP contribution in [-0.2, 0) is 4.79 Å². The van der Waals surface area contributed by atoms with Gasteiger partial charge in [-0.15, -0.1) is 5.10 Å². The number of rotatable bonds is 6. The normalized spacial score (nSPS) is 12.1. The Morgan fingerprint density at radius 2 is 1.88 bits per heavy atom. The van der Waals surface area contributed by atoms with Gasteiger partial charge in [0, 0.05) is 7.05 Å². The third-order valence-electron chi connectivity index (χ3n) is 3.66. The molecule has 0 radical (unpaired) electrons. The molecule has 1 unspecified atom stereocenters. The molecule has 0 saturated carbocycles. The van der Waals surface area contributed by atoms with Crippen LogP contribution in [0.3, 0.4) is 0 Å². The van der Waals surface area contributed by atoms with Gasteiger partial charge in [0.05, 0.1) is 11.4 Å². The van der Waals surface area contributed by atoms with Crippen molar-refractivity contribution < 1.29 is 28.2 Å². The fraction of sp³-hybridized carbons (Fsp3) is 0.333. The number of aromatic nitrogens is 3. The quantitative estimate of drug-likeness (QED) is 0.848. The SMILES string of the molecule is Cc1c(C(=O)N(C)C(C)C(=O)O)nnn1-c1ccc(OC(F)F)cc1. The molecule has 1 aromatic carbocycles. The number of carboxylic acids is 1. The van der Waals surface area contributed by atoms with Gasteiger partial charge in [0.25, 0.3) is 5.91 Å². The van der Waals surface area contributed by atoms with Gasteiger partial charge in [-0.25, -0.2) is 9.48 Å². The van der Waals surface area contributed by atoms with Crippen LogP contribution in [0, 0.1) is 6.92 Å². The van der Waals surface area contributed by atoms with E-state index in [0.717, 1.165) is 4.90 Å². The number of benzene rings is 1. The van der Waals surface area contributed by atoms with Crippen molar-refractivity contribution in [3.63, 3.8) is 0 Å². The largest absolute Gasteiger partial charge is 0.480 e. The van der Waals surface area contributed by atoms with E-state index >= 15 is 0 Å². The average Bonchev–Trinajstić information content (AvgIpc) is 2.94. The Morgan fingerprint density at radius 3 is 2.40 bits per heavy atom. The summed E-state index contributed by atoms with van der Waals surface area (Å²) in [6, 6.07) is 4.61. The van der Waals surface area contributed by atoms with Crippen LogP contribution in [0.1, 0.15) is 23.1 Å². The third-order valence-corrected chi connectivity index (χ3v) is 3.66. The Hall–Kier alpha value is -3.04. The number of alkyl halides is 2. The molecule has 0 aliphatic carbocycles. The predicted octanol–water partition coefficient (Wildman–Crippen LogP) is 1.72. The standard InChI is InChI=1S/C15H16F2N4O4/c1-8-12(13(22)20(3)9(2)14(23)24)18-19-21(8)10-4-6-11(7-5-10)25-15(16)17/h4-7,9,15H,1-3H3,(H,23,24). The maximum absolute atomic E-state index is 12.4. The number of aliphatic carboxylic acids is 1. The molecule has 25 heavy (non-hydrogen) atoms. The number of amides is 1. The zero-order valence-electron chi connectivity index (χ0n) is 13.7. The van der Waals surface area contributed by atoms with E-state index in [0.29, 0.717) is 11.4 Å². The Kier molecular flexibility index (Phi) is 5.30. The second-order valence-electron chi connectivity index (χ2n) is 5.24. The van der Waals surface area contributed by atoms with Crippen molar-refractivity contribution in [2.45, 2.75) is 26.5 Å². The number of likely N-dealkylation sites (N-methyl/N-ethyl adjacent to an activating group) is 1. The molecule has 1 N–H and O–H groups in total. The van der Waals surface area contributed by atoms with Crippen LogP contribution in [0.25, 0.3) is 5.69 Å². The average molecular weight is 354 g/mol. The summed E-state index contributed by atoms with van der Waals surface area (Å²) in [5.74, 6) is -1.74. The van der Waals surface area contributed by atoms with Gasteiger partial charge in [-0.2, -0.15) is 8.78 Å². The first kappa shape index (κ1) is 18.3.